The van der Waals surface area contributed by atoms with E-state index in [4.69, 9.17) is 0 Å². The van der Waals surface area contributed by atoms with Gasteiger partial charge in [-0.25, -0.2) is 4.99 Å². The van der Waals surface area contributed by atoms with Crippen LogP contribution in [0.15, 0.2) is 41.4 Å². The minimum absolute atomic E-state index is 0. The first-order valence-electron chi connectivity index (χ1n) is 8.85. The summed E-state index contributed by atoms with van der Waals surface area (Å²) >= 11 is 0. The summed E-state index contributed by atoms with van der Waals surface area (Å²) in [5, 5.41) is 6.77. The van der Waals surface area contributed by atoms with Crippen molar-refractivity contribution >= 4 is 41.5 Å². The molecule has 0 saturated carbocycles. The van der Waals surface area contributed by atoms with Crippen molar-refractivity contribution in [3.63, 3.8) is 0 Å². The van der Waals surface area contributed by atoms with E-state index >= 15 is 0 Å². The zero-order chi connectivity index (χ0) is 16.8. The average Bonchev–Trinajstić information content (AvgIpc) is 3.25. The molecule has 1 aromatic carbocycles. The Bertz CT molecular complexity index is 619. The number of aliphatic imine (C=N–C) groups is 1. The van der Waals surface area contributed by atoms with Crippen LogP contribution in [0.25, 0.3) is 0 Å². The second kappa shape index (κ2) is 9.79. The lowest BCUT2D eigenvalue weighted by Crippen LogP contribution is -2.42. The van der Waals surface area contributed by atoms with Gasteiger partial charge in [-0.05, 0) is 43.9 Å². The van der Waals surface area contributed by atoms with Crippen molar-refractivity contribution in [3.8, 4) is 0 Å². The summed E-state index contributed by atoms with van der Waals surface area (Å²) in [6.45, 7) is 4.39. The Balaban J connectivity index is 0.00000225. The zero-order valence-corrected chi connectivity index (χ0v) is 17.0. The molecule has 1 saturated heterocycles. The van der Waals surface area contributed by atoms with Gasteiger partial charge in [-0.15, -0.1) is 24.0 Å². The molecule has 2 aliphatic rings. The molecule has 2 N–H and O–H groups in total. The fraction of sp³-hybridized carbons (Fsp3) is 0.474. The third-order valence-corrected chi connectivity index (χ3v) is 4.43. The van der Waals surface area contributed by atoms with Crippen LogP contribution in [-0.2, 0) is 11.3 Å². The van der Waals surface area contributed by atoms with E-state index in [-0.39, 0.29) is 29.9 Å². The summed E-state index contributed by atoms with van der Waals surface area (Å²) < 4.78 is 0. The Morgan fingerprint density at radius 2 is 1.96 bits per heavy atom. The molecule has 1 heterocycles. The Labute approximate surface area is 167 Å². The van der Waals surface area contributed by atoms with Crippen molar-refractivity contribution in [1.29, 1.82) is 0 Å². The number of halogens is 1. The van der Waals surface area contributed by atoms with Crippen LogP contribution in [0.1, 0.15) is 38.2 Å². The number of hydrogen-bond donors (Lipinski definition) is 2. The monoisotopic (exact) mass is 454 g/mol. The molecular weight excluding hydrogens is 427 g/mol. The third-order valence-electron chi connectivity index (χ3n) is 4.43. The molecule has 6 heteroatoms. The van der Waals surface area contributed by atoms with Gasteiger partial charge in [0.2, 0.25) is 5.91 Å². The van der Waals surface area contributed by atoms with E-state index in [1.54, 1.807) is 0 Å². The molecule has 0 unspecified atom stereocenters. The van der Waals surface area contributed by atoms with Gasteiger partial charge in [-0.3, -0.25) is 4.79 Å². The summed E-state index contributed by atoms with van der Waals surface area (Å²) in [5.41, 5.74) is 2.14. The first-order chi connectivity index (χ1) is 11.8. The van der Waals surface area contributed by atoms with Crippen molar-refractivity contribution in [2.75, 3.05) is 18.0 Å². The third kappa shape index (κ3) is 5.45. The molecule has 0 radical (unpaired) electrons. The zero-order valence-electron chi connectivity index (χ0n) is 14.7. The number of hydrogen-bond acceptors (Lipinski definition) is 2. The van der Waals surface area contributed by atoms with E-state index < -0.39 is 0 Å². The maximum absolute atomic E-state index is 11.8. The number of rotatable bonds is 5. The fourth-order valence-corrected chi connectivity index (χ4v) is 3.12. The lowest BCUT2D eigenvalue weighted by Gasteiger charge is -2.17. The number of carbonyl (C=O) groups is 1. The number of nitrogens with one attached hydrogen (secondary N) is 2. The minimum Gasteiger partial charge on any atom is -0.357 e. The number of carbonyl (C=O) groups excluding carboxylic acids is 1. The highest BCUT2D eigenvalue weighted by Gasteiger charge is 2.21. The number of anilines is 1. The number of nitrogens with zero attached hydrogens (tertiary/aromatic N) is 2. The lowest BCUT2D eigenvalue weighted by atomic mass is 10.2. The maximum Gasteiger partial charge on any atom is 0.227 e. The largest absolute Gasteiger partial charge is 0.357 e. The van der Waals surface area contributed by atoms with Crippen LogP contribution in [0.2, 0.25) is 0 Å². The minimum atomic E-state index is 0. The summed E-state index contributed by atoms with van der Waals surface area (Å²) in [6.07, 6.45) is 8.16. The van der Waals surface area contributed by atoms with Crippen LogP contribution in [0.5, 0.6) is 0 Å². The highest BCUT2D eigenvalue weighted by Crippen LogP contribution is 2.21. The molecule has 1 amide bonds. The van der Waals surface area contributed by atoms with Crippen LogP contribution < -0.4 is 15.5 Å². The van der Waals surface area contributed by atoms with E-state index in [0.717, 1.165) is 49.6 Å². The molecule has 1 fully saturated rings. The summed E-state index contributed by atoms with van der Waals surface area (Å²) in [7, 11) is 0. The number of guanidine groups is 1. The van der Waals surface area contributed by atoms with Gasteiger partial charge in [-0.1, -0.05) is 24.3 Å². The van der Waals surface area contributed by atoms with E-state index in [0.29, 0.717) is 19.0 Å². The second-order valence-corrected chi connectivity index (χ2v) is 6.29. The van der Waals surface area contributed by atoms with Gasteiger partial charge >= 0.3 is 0 Å². The van der Waals surface area contributed by atoms with Crippen molar-refractivity contribution in [2.45, 2.75) is 45.2 Å². The molecule has 0 bridgehead atoms. The van der Waals surface area contributed by atoms with Gasteiger partial charge in [0.25, 0.3) is 0 Å². The van der Waals surface area contributed by atoms with Gasteiger partial charge in [0.1, 0.15) is 0 Å². The molecule has 5 nitrogen and oxygen atoms in total. The van der Waals surface area contributed by atoms with Crippen molar-refractivity contribution < 1.29 is 4.79 Å². The molecule has 0 atom stereocenters. The fourth-order valence-electron chi connectivity index (χ4n) is 3.12. The Morgan fingerprint density at radius 3 is 2.56 bits per heavy atom. The SMILES string of the molecule is CCNC(=NCc1ccc(N2CCCC2=O)cc1)NC1CC=CC1.I. The lowest BCUT2D eigenvalue weighted by molar-refractivity contribution is -0.117. The summed E-state index contributed by atoms with van der Waals surface area (Å²) in [4.78, 5) is 18.3. The standard InChI is InChI=1S/C19H26N4O.HI/c1-2-20-19(22-16-6-3-4-7-16)21-14-15-9-11-17(12-10-15)23-13-5-8-18(23)24;/h3-4,9-12,16H,2,5-8,13-14H2,1H3,(H2,20,21,22);1H. The number of benzene rings is 1. The van der Waals surface area contributed by atoms with Crippen LogP contribution in [0, 0.1) is 0 Å². The Hall–Kier alpha value is -1.57. The summed E-state index contributed by atoms with van der Waals surface area (Å²) in [6, 6.07) is 8.62. The van der Waals surface area contributed by atoms with E-state index in [1.807, 2.05) is 17.0 Å². The van der Waals surface area contributed by atoms with Gasteiger partial charge in [-0.2, -0.15) is 0 Å². The first-order valence-corrected chi connectivity index (χ1v) is 8.85. The molecule has 0 spiro atoms. The number of amides is 1. The predicted molar refractivity (Wildman–Crippen MR) is 114 cm³/mol. The van der Waals surface area contributed by atoms with Gasteiger partial charge in [0.05, 0.1) is 6.54 Å². The van der Waals surface area contributed by atoms with Crippen LogP contribution in [0.4, 0.5) is 5.69 Å². The van der Waals surface area contributed by atoms with Crippen molar-refractivity contribution in [1.82, 2.24) is 10.6 Å². The van der Waals surface area contributed by atoms with Crippen molar-refractivity contribution in [3.05, 3.63) is 42.0 Å². The molecule has 1 aliphatic heterocycles. The molecule has 0 aromatic heterocycles. The normalized spacial score (nSPS) is 17.7. The highest BCUT2D eigenvalue weighted by molar-refractivity contribution is 14.0. The Kier molecular flexibility index (Phi) is 7.74. The first kappa shape index (κ1) is 19.8. The van der Waals surface area contributed by atoms with Crippen LogP contribution in [-0.4, -0.2) is 31.0 Å². The average molecular weight is 454 g/mol. The van der Waals surface area contributed by atoms with Gasteiger partial charge < -0.3 is 15.5 Å². The quantitative estimate of drug-likeness (QED) is 0.311. The second-order valence-electron chi connectivity index (χ2n) is 6.29. The van der Waals surface area contributed by atoms with Crippen LogP contribution >= 0.6 is 24.0 Å². The molecule has 1 aliphatic carbocycles. The summed E-state index contributed by atoms with van der Waals surface area (Å²) in [5.74, 6) is 1.09. The van der Waals surface area contributed by atoms with Gasteiger partial charge in [0.15, 0.2) is 5.96 Å². The van der Waals surface area contributed by atoms with Gasteiger partial charge in [0, 0.05) is 31.2 Å². The molecular formula is C19H27IN4O. The Morgan fingerprint density at radius 1 is 1.24 bits per heavy atom. The van der Waals surface area contributed by atoms with Crippen LogP contribution in [0.3, 0.4) is 0 Å². The maximum atomic E-state index is 11.8. The van der Waals surface area contributed by atoms with E-state index in [2.05, 4.69) is 46.8 Å². The smallest absolute Gasteiger partial charge is 0.227 e. The molecule has 25 heavy (non-hydrogen) atoms. The van der Waals surface area contributed by atoms with Crippen molar-refractivity contribution in [2.24, 2.45) is 4.99 Å². The van der Waals surface area contributed by atoms with E-state index in [1.165, 1.54) is 0 Å². The molecule has 136 valence electrons. The van der Waals surface area contributed by atoms with E-state index in [9.17, 15) is 4.79 Å². The highest BCUT2D eigenvalue weighted by atomic mass is 127. The topological polar surface area (TPSA) is 56.7 Å². The predicted octanol–water partition coefficient (Wildman–Crippen LogP) is 3.21. The molecule has 3 rings (SSSR count). The molecule has 1 aromatic rings.